The van der Waals surface area contributed by atoms with Crippen molar-refractivity contribution in [2.24, 2.45) is 5.73 Å². The number of aliphatic hydroxyl groups is 1. The van der Waals surface area contributed by atoms with Crippen LogP contribution in [0, 0.1) is 0 Å². The van der Waals surface area contributed by atoms with Crippen molar-refractivity contribution >= 4 is 28.9 Å². The molecule has 1 amide bonds. The number of anilines is 1. The number of nitrogens with zero attached hydrogens (tertiary/aromatic N) is 4. The Bertz CT molecular complexity index is 1170. The van der Waals surface area contributed by atoms with E-state index >= 15 is 0 Å². The molecular weight excluding hydrogens is 434 g/mol. The first kappa shape index (κ1) is 22.4. The largest absolute Gasteiger partial charge is 0.497 e. The number of benzene rings is 1. The number of carbonyl (C=O) groups excluding carboxylic acids is 1. The number of imidazole rings is 1. The number of hydrogen-bond donors (Lipinski definition) is 5. The van der Waals surface area contributed by atoms with E-state index in [4.69, 9.17) is 20.9 Å². The lowest BCUT2D eigenvalue weighted by Crippen LogP contribution is -2.54. The Balaban J connectivity index is 1.51. The number of nitrogen functional groups attached to an aromatic ring is 1. The molecule has 13 nitrogen and oxygen atoms in total. The third-order valence-corrected chi connectivity index (χ3v) is 5.44. The monoisotopic (exact) mass is 457 g/mol. The fourth-order valence-corrected chi connectivity index (χ4v) is 3.71. The van der Waals surface area contributed by atoms with Gasteiger partial charge in [-0.15, -0.1) is 0 Å². The van der Waals surface area contributed by atoms with E-state index in [1.807, 2.05) is 0 Å². The van der Waals surface area contributed by atoms with E-state index in [-0.39, 0.29) is 23.4 Å². The number of aliphatic hydroxyl groups excluding tert-OH is 1. The number of aliphatic carboxylic acids is 1. The molecule has 5 atom stereocenters. The molecule has 1 saturated heterocycles. The number of nitrogens with two attached hydrogens (primary N) is 2. The van der Waals surface area contributed by atoms with Gasteiger partial charge in [-0.25, -0.2) is 19.7 Å². The molecule has 0 spiro atoms. The van der Waals surface area contributed by atoms with E-state index in [0.29, 0.717) is 5.75 Å². The molecule has 2 aromatic heterocycles. The zero-order valence-electron chi connectivity index (χ0n) is 17.5. The van der Waals surface area contributed by atoms with E-state index in [0.717, 1.165) is 5.56 Å². The van der Waals surface area contributed by atoms with Crippen LogP contribution in [0.5, 0.6) is 5.75 Å². The lowest BCUT2D eigenvalue weighted by atomic mass is 10.0. The summed E-state index contributed by atoms with van der Waals surface area (Å²) in [7, 11) is 1.55. The van der Waals surface area contributed by atoms with E-state index in [2.05, 4.69) is 20.3 Å². The van der Waals surface area contributed by atoms with Gasteiger partial charge in [0.1, 0.15) is 23.7 Å². The van der Waals surface area contributed by atoms with Gasteiger partial charge in [-0.1, -0.05) is 12.1 Å². The van der Waals surface area contributed by atoms with Crippen LogP contribution in [0.25, 0.3) is 11.2 Å². The Labute approximate surface area is 187 Å². The van der Waals surface area contributed by atoms with Gasteiger partial charge in [0, 0.05) is 0 Å². The number of hydrogen-bond acceptors (Lipinski definition) is 10. The molecule has 7 N–H and O–H groups in total. The number of amides is 1. The highest BCUT2D eigenvalue weighted by Crippen LogP contribution is 2.32. The fraction of sp³-hybridized carbons (Fsp3) is 0.350. The van der Waals surface area contributed by atoms with Crippen LogP contribution in [0.15, 0.2) is 36.9 Å². The number of aromatic nitrogens is 4. The van der Waals surface area contributed by atoms with Crippen LogP contribution < -0.4 is 21.5 Å². The van der Waals surface area contributed by atoms with Crippen LogP contribution in [-0.2, 0) is 20.7 Å². The van der Waals surface area contributed by atoms with E-state index in [9.17, 15) is 19.8 Å². The minimum absolute atomic E-state index is 0.121. The first-order valence-corrected chi connectivity index (χ1v) is 9.98. The SMILES string of the molecule is COc1ccc(C[C@H](N)C(=O)N[C@H]2[C@H](O)[C@@H](n3cnc4c(N)ncnc43)O[C@@H]2C(=O)O)cc1. The highest BCUT2D eigenvalue weighted by Gasteiger charge is 2.49. The van der Waals surface area contributed by atoms with Gasteiger partial charge in [0.15, 0.2) is 23.8 Å². The van der Waals surface area contributed by atoms with Gasteiger partial charge in [0.05, 0.1) is 25.5 Å². The second-order valence-corrected chi connectivity index (χ2v) is 7.55. The summed E-state index contributed by atoms with van der Waals surface area (Å²) in [6.45, 7) is 0. The quantitative estimate of drug-likeness (QED) is 0.286. The van der Waals surface area contributed by atoms with Gasteiger partial charge in [0.2, 0.25) is 5.91 Å². The topological polar surface area (TPSA) is 201 Å². The standard InChI is InChI=1S/C20H23N7O6/c1-32-10-4-2-9(3-5-10)6-11(21)18(29)26-12-14(28)19(33-15(12)20(30)31)27-8-25-13-16(22)23-7-24-17(13)27/h2-5,7-8,11-12,14-15,19,28H,6,21H2,1H3,(H,26,29)(H,30,31)(H2,22,23,24)/t11-,12-,14-,15-,19-/m0/s1. The number of carbonyl (C=O) groups is 2. The summed E-state index contributed by atoms with van der Waals surface area (Å²) >= 11 is 0. The summed E-state index contributed by atoms with van der Waals surface area (Å²) in [6, 6.07) is 4.77. The predicted octanol–water partition coefficient (Wildman–Crippen LogP) is -1.19. The molecular formula is C20H23N7O6. The Morgan fingerprint density at radius 1 is 1.27 bits per heavy atom. The normalized spacial score (nSPS) is 23.4. The van der Waals surface area contributed by atoms with Crippen molar-refractivity contribution in [2.75, 3.05) is 12.8 Å². The second kappa shape index (κ2) is 8.97. The van der Waals surface area contributed by atoms with Crippen LogP contribution in [0.2, 0.25) is 0 Å². The Morgan fingerprint density at radius 2 is 2.00 bits per heavy atom. The van der Waals surface area contributed by atoms with Crippen molar-refractivity contribution in [3.05, 3.63) is 42.5 Å². The lowest BCUT2D eigenvalue weighted by molar-refractivity contribution is -0.152. The van der Waals surface area contributed by atoms with Crippen molar-refractivity contribution in [3.63, 3.8) is 0 Å². The molecule has 33 heavy (non-hydrogen) atoms. The van der Waals surface area contributed by atoms with Gasteiger partial charge in [-0.05, 0) is 24.1 Å². The summed E-state index contributed by atoms with van der Waals surface area (Å²) in [5, 5.41) is 23.0. The van der Waals surface area contributed by atoms with Crippen LogP contribution >= 0.6 is 0 Å². The molecule has 0 radical (unpaired) electrons. The number of methoxy groups -OCH3 is 1. The maximum Gasteiger partial charge on any atom is 0.335 e. The number of ether oxygens (including phenoxy) is 2. The molecule has 13 heteroatoms. The number of carboxylic acids is 1. The zero-order chi connectivity index (χ0) is 23.7. The van der Waals surface area contributed by atoms with Crippen LogP contribution in [-0.4, -0.2) is 73.0 Å². The summed E-state index contributed by atoms with van der Waals surface area (Å²) in [5.41, 5.74) is 13.1. The Hall–Kier alpha value is -3.81. The average molecular weight is 457 g/mol. The molecule has 0 bridgehead atoms. The van der Waals surface area contributed by atoms with Gasteiger partial charge in [0.25, 0.3) is 0 Å². The average Bonchev–Trinajstić information content (AvgIpc) is 3.36. The van der Waals surface area contributed by atoms with Crippen molar-refractivity contribution in [1.82, 2.24) is 24.8 Å². The highest BCUT2D eigenvalue weighted by molar-refractivity contribution is 5.84. The molecule has 1 aromatic carbocycles. The smallest absolute Gasteiger partial charge is 0.335 e. The second-order valence-electron chi connectivity index (χ2n) is 7.55. The maximum atomic E-state index is 12.7. The Kier molecular flexibility index (Phi) is 6.09. The third kappa shape index (κ3) is 4.28. The minimum Gasteiger partial charge on any atom is -0.497 e. The number of carboxylic acid groups (broad SMARTS) is 1. The number of rotatable bonds is 7. The summed E-state index contributed by atoms with van der Waals surface area (Å²) in [5.74, 6) is -1.20. The van der Waals surface area contributed by atoms with E-state index < -0.39 is 42.4 Å². The van der Waals surface area contributed by atoms with Crippen LogP contribution in [0.4, 0.5) is 5.82 Å². The molecule has 0 aliphatic carbocycles. The highest BCUT2D eigenvalue weighted by atomic mass is 16.6. The summed E-state index contributed by atoms with van der Waals surface area (Å²) in [6.07, 6.45) is -1.43. The maximum absolute atomic E-state index is 12.7. The van der Waals surface area contributed by atoms with Gasteiger partial charge < -0.3 is 36.5 Å². The van der Waals surface area contributed by atoms with Crippen molar-refractivity contribution in [2.45, 2.75) is 36.9 Å². The molecule has 1 aliphatic heterocycles. The number of nitrogens with one attached hydrogen (secondary N) is 1. The summed E-state index contributed by atoms with van der Waals surface area (Å²) in [4.78, 5) is 36.5. The van der Waals surface area contributed by atoms with E-state index in [1.54, 1.807) is 31.4 Å². The summed E-state index contributed by atoms with van der Waals surface area (Å²) < 4.78 is 12.0. The molecule has 4 rings (SSSR count). The fourth-order valence-electron chi connectivity index (χ4n) is 3.71. The van der Waals surface area contributed by atoms with Crippen molar-refractivity contribution in [1.29, 1.82) is 0 Å². The molecule has 0 saturated carbocycles. The van der Waals surface area contributed by atoms with Gasteiger partial charge in [-0.2, -0.15) is 0 Å². The third-order valence-electron chi connectivity index (χ3n) is 5.44. The van der Waals surface area contributed by atoms with Gasteiger partial charge >= 0.3 is 5.97 Å². The van der Waals surface area contributed by atoms with Crippen LogP contribution in [0.1, 0.15) is 11.8 Å². The van der Waals surface area contributed by atoms with Gasteiger partial charge in [-0.3, -0.25) is 9.36 Å². The molecule has 1 aliphatic rings. The predicted molar refractivity (Wildman–Crippen MR) is 114 cm³/mol. The van der Waals surface area contributed by atoms with Crippen LogP contribution in [0.3, 0.4) is 0 Å². The molecule has 0 unspecified atom stereocenters. The lowest BCUT2D eigenvalue weighted by Gasteiger charge is -2.22. The molecule has 3 aromatic rings. The van der Waals surface area contributed by atoms with Crippen molar-refractivity contribution < 1.29 is 29.3 Å². The minimum atomic E-state index is -1.53. The molecule has 3 heterocycles. The first-order valence-electron chi connectivity index (χ1n) is 9.98. The number of fused-ring (bicyclic) bond motifs is 1. The van der Waals surface area contributed by atoms with E-state index in [1.165, 1.54) is 17.2 Å². The molecule has 1 fully saturated rings. The Morgan fingerprint density at radius 3 is 2.67 bits per heavy atom. The zero-order valence-corrected chi connectivity index (χ0v) is 17.5. The molecule has 174 valence electrons. The first-order chi connectivity index (χ1) is 15.8. The van der Waals surface area contributed by atoms with Crippen molar-refractivity contribution in [3.8, 4) is 5.75 Å².